The van der Waals surface area contributed by atoms with Crippen LogP contribution in [-0.4, -0.2) is 22.7 Å². The van der Waals surface area contributed by atoms with E-state index in [1.165, 1.54) is 12.3 Å². The molecule has 1 N–H and O–H groups in total. The second kappa shape index (κ2) is 5.65. The van der Waals surface area contributed by atoms with Crippen molar-refractivity contribution >= 4 is 17.6 Å². The second-order valence-corrected chi connectivity index (χ2v) is 3.06. The molecular weight excluding hydrogens is 222 g/mol. The number of halogens is 1. The number of pyridine rings is 1. The van der Waals surface area contributed by atoms with Gasteiger partial charge in [0.2, 0.25) is 0 Å². The molecule has 0 aliphatic heterocycles. The molecule has 0 spiro atoms. The first kappa shape index (κ1) is 11.9. The van der Waals surface area contributed by atoms with Crippen molar-refractivity contribution in [2.24, 2.45) is 0 Å². The summed E-state index contributed by atoms with van der Waals surface area (Å²) in [5.41, 5.74) is 0.482. The predicted molar refractivity (Wildman–Crippen MR) is 52.6 cm³/mol. The predicted octanol–water partition coefficient (Wildman–Crippen LogP) is 1.90. The maximum Gasteiger partial charge on any atom is 0.356 e. The van der Waals surface area contributed by atoms with Gasteiger partial charge >= 0.3 is 5.97 Å². The molecular formula is C9H10ClNO4. The van der Waals surface area contributed by atoms with Crippen molar-refractivity contribution in [1.29, 1.82) is 0 Å². The van der Waals surface area contributed by atoms with Crippen LogP contribution in [0.2, 0.25) is 5.02 Å². The van der Waals surface area contributed by atoms with E-state index in [2.05, 4.69) is 9.87 Å². The Hall–Kier alpha value is -1.17. The maximum atomic E-state index is 10.6. The lowest BCUT2D eigenvalue weighted by Gasteiger charge is -2.03. The molecule has 0 aromatic carbocycles. The van der Waals surface area contributed by atoms with E-state index in [0.29, 0.717) is 12.2 Å². The quantitative estimate of drug-likeness (QED) is 0.476. The van der Waals surface area contributed by atoms with Gasteiger partial charge in [-0.25, -0.2) is 19.6 Å². The average molecular weight is 232 g/mol. The number of nitrogens with zero attached hydrogens (tertiary/aromatic N) is 1. The van der Waals surface area contributed by atoms with Gasteiger partial charge in [-0.3, -0.25) is 0 Å². The van der Waals surface area contributed by atoms with Crippen LogP contribution in [0.25, 0.3) is 0 Å². The normalized spacial score (nSPS) is 10.3. The van der Waals surface area contributed by atoms with Gasteiger partial charge in [-0.2, -0.15) is 0 Å². The molecule has 0 radical (unpaired) electrons. The van der Waals surface area contributed by atoms with E-state index < -0.39 is 5.97 Å². The Balaban J connectivity index is 2.69. The average Bonchev–Trinajstić information content (AvgIpc) is 2.17. The van der Waals surface area contributed by atoms with Crippen LogP contribution < -0.4 is 0 Å². The molecule has 0 aliphatic carbocycles. The highest BCUT2D eigenvalue weighted by Crippen LogP contribution is 2.15. The maximum absolute atomic E-state index is 10.6. The summed E-state index contributed by atoms with van der Waals surface area (Å²) in [4.78, 5) is 23.7. The molecule has 1 aromatic heterocycles. The van der Waals surface area contributed by atoms with Crippen LogP contribution in [0.4, 0.5) is 0 Å². The van der Waals surface area contributed by atoms with Crippen molar-refractivity contribution in [2.75, 3.05) is 6.61 Å². The topological polar surface area (TPSA) is 68.7 Å². The Kier molecular flexibility index (Phi) is 4.48. The summed E-state index contributed by atoms with van der Waals surface area (Å²) < 4.78 is 0. The third-order valence-electron chi connectivity index (χ3n) is 1.53. The Morgan fingerprint density at radius 1 is 1.60 bits per heavy atom. The number of rotatable bonds is 5. The number of aromatic carboxylic acids is 1. The summed E-state index contributed by atoms with van der Waals surface area (Å²) >= 11 is 5.70. The zero-order valence-corrected chi connectivity index (χ0v) is 8.82. The summed E-state index contributed by atoms with van der Waals surface area (Å²) in [6, 6.07) is 1.48. The van der Waals surface area contributed by atoms with E-state index in [0.717, 1.165) is 0 Å². The highest BCUT2D eigenvalue weighted by Gasteiger charge is 2.10. The van der Waals surface area contributed by atoms with E-state index in [-0.39, 0.29) is 17.3 Å². The SMILES string of the molecule is CCOOCc1cnc(C(=O)O)c(Cl)c1. The largest absolute Gasteiger partial charge is 0.476 e. The standard InChI is InChI=1S/C9H10ClNO4/c1-2-14-15-5-6-3-7(10)8(9(12)13)11-4-6/h3-4H,2,5H2,1H3,(H,12,13). The van der Waals surface area contributed by atoms with E-state index in [1.54, 1.807) is 6.92 Å². The zero-order valence-electron chi connectivity index (χ0n) is 8.07. The minimum Gasteiger partial charge on any atom is -0.476 e. The lowest BCUT2D eigenvalue weighted by molar-refractivity contribution is -0.300. The van der Waals surface area contributed by atoms with E-state index in [1.807, 2.05) is 0 Å². The highest BCUT2D eigenvalue weighted by atomic mass is 35.5. The Morgan fingerprint density at radius 2 is 2.33 bits per heavy atom. The minimum atomic E-state index is -1.16. The fraction of sp³-hybridized carbons (Fsp3) is 0.333. The van der Waals surface area contributed by atoms with Gasteiger partial charge in [0.15, 0.2) is 5.69 Å². The van der Waals surface area contributed by atoms with Crippen LogP contribution in [0.5, 0.6) is 0 Å². The van der Waals surface area contributed by atoms with Crippen molar-refractivity contribution < 1.29 is 19.7 Å². The molecule has 1 heterocycles. The fourth-order valence-corrected chi connectivity index (χ4v) is 1.18. The molecule has 0 fully saturated rings. The molecule has 0 bridgehead atoms. The number of hydrogen-bond acceptors (Lipinski definition) is 4. The Labute approximate surface area is 91.5 Å². The molecule has 0 unspecified atom stereocenters. The summed E-state index contributed by atoms with van der Waals surface area (Å²) in [6.07, 6.45) is 1.38. The molecule has 0 atom stereocenters. The van der Waals surface area contributed by atoms with Gasteiger partial charge in [0.05, 0.1) is 11.6 Å². The summed E-state index contributed by atoms with van der Waals surface area (Å²) in [7, 11) is 0. The molecule has 0 saturated heterocycles. The summed E-state index contributed by atoms with van der Waals surface area (Å²) in [6.45, 7) is 2.41. The van der Waals surface area contributed by atoms with Gasteiger partial charge in [-0.05, 0) is 13.0 Å². The molecule has 15 heavy (non-hydrogen) atoms. The number of carbonyl (C=O) groups is 1. The molecule has 1 rings (SSSR count). The van der Waals surface area contributed by atoms with Crippen LogP contribution in [0, 0.1) is 0 Å². The minimum absolute atomic E-state index is 0.0834. The summed E-state index contributed by atoms with van der Waals surface area (Å²) in [5, 5.41) is 8.75. The Bertz CT molecular complexity index is 356. The lowest BCUT2D eigenvalue weighted by Crippen LogP contribution is -2.03. The van der Waals surface area contributed by atoms with Crippen LogP contribution in [0.1, 0.15) is 23.0 Å². The van der Waals surface area contributed by atoms with Crippen molar-refractivity contribution in [1.82, 2.24) is 4.98 Å². The van der Waals surface area contributed by atoms with Crippen LogP contribution in [0.3, 0.4) is 0 Å². The van der Waals surface area contributed by atoms with Crippen molar-refractivity contribution in [2.45, 2.75) is 13.5 Å². The molecule has 1 aromatic rings. The number of hydrogen-bond donors (Lipinski definition) is 1. The van der Waals surface area contributed by atoms with Crippen LogP contribution in [0.15, 0.2) is 12.3 Å². The van der Waals surface area contributed by atoms with Crippen LogP contribution in [-0.2, 0) is 16.4 Å². The third-order valence-corrected chi connectivity index (χ3v) is 1.82. The first-order valence-corrected chi connectivity index (χ1v) is 4.65. The molecule has 82 valence electrons. The number of carboxylic acid groups (broad SMARTS) is 1. The first-order chi connectivity index (χ1) is 7.15. The van der Waals surface area contributed by atoms with Gasteiger partial charge in [-0.15, -0.1) is 0 Å². The molecule has 5 nitrogen and oxygen atoms in total. The van der Waals surface area contributed by atoms with Crippen molar-refractivity contribution in [3.63, 3.8) is 0 Å². The van der Waals surface area contributed by atoms with Crippen molar-refractivity contribution in [3.05, 3.63) is 28.5 Å². The summed E-state index contributed by atoms with van der Waals surface area (Å²) in [5.74, 6) is -1.16. The molecule has 0 saturated carbocycles. The number of carboxylic acids is 1. The van der Waals surface area contributed by atoms with E-state index >= 15 is 0 Å². The molecule has 6 heteroatoms. The highest BCUT2D eigenvalue weighted by molar-refractivity contribution is 6.33. The fourth-order valence-electron chi connectivity index (χ4n) is 0.907. The van der Waals surface area contributed by atoms with Crippen LogP contribution >= 0.6 is 11.6 Å². The molecule has 0 amide bonds. The third kappa shape index (κ3) is 3.47. The molecule has 0 aliphatic rings. The second-order valence-electron chi connectivity index (χ2n) is 2.65. The Morgan fingerprint density at radius 3 is 2.87 bits per heavy atom. The lowest BCUT2D eigenvalue weighted by atomic mass is 10.2. The van der Waals surface area contributed by atoms with Gasteiger partial charge < -0.3 is 5.11 Å². The smallest absolute Gasteiger partial charge is 0.356 e. The zero-order chi connectivity index (χ0) is 11.3. The van der Waals surface area contributed by atoms with Gasteiger partial charge in [0, 0.05) is 11.8 Å². The van der Waals surface area contributed by atoms with Gasteiger partial charge in [0.25, 0.3) is 0 Å². The van der Waals surface area contributed by atoms with Gasteiger partial charge in [-0.1, -0.05) is 11.6 Å². The van der Waals surface area contributed by atoms with Crippen molar-refractivity contribution in [3.8, 4) is 0 Å². The van der Waals surface area contributed by atoms with Gasteiger partial charge in [0.1, 0.15) is 6.61 Å². The number of aromatic nitrogens is 1. The van der Waals surface area contributed by atoms with E-state index in [9.17, 15) is 4.79 Å². The van der Waals surface area contributed by atoms with E-state index in [4.69, 9.17) is 21.6 Å². The monoisotopic (exact) mass is 231 g/mol. The first-order valence-electron chi connectivity index (χ1n) is 4.27.